The van der Waals surface area contributed by atoms with Gasteiger partial charge in [-0.05, 0) is 49.5 Å². The molecule has 0 radical (unpaired) electrons. The molecule has 1 aromatic heterocycles. The SMILES string of the molecule is CCN(CC)CCN1C(=O)C(=O)/C(=C(/O)c2ccc(F)cc2)[C@H]1c1ccccn1. The van der Waals surface area contributed by atoms with E-state index in [1.54, 1.807) is 24.4 Å². The molecule has 1 atom stereocenters. The Hall–Kier alpha value is -3.06. The van der Waals surface area contributed by atoms with Gasteiger partial charge < -0.3 is 14.9 Å². The van der Waals surface area contributed by atoms with Crippen molar-refractivity contribution in [1.82, 2.24) is 14.8 Å². The predicted octanol–water partition coefficient (Wildman–Crippen LogP) is 2.98. The Morgan fingerprint density at radius 1 is 1.14 bits per heavy atom. The number of aromatic nitrogens is 1. The molecule has 1 fully saturated rings. The van der Waals surface area contributed by atoms with Gasteiger partial charge in [-0.2, -0.15) is 0 Å². The van der Waals surface area contributed by atoms with E-state index in [2.05, 4.69) is 9.88 Å². The van der Waals surface area contributed by atoms with Crippen LogP contribution in [0, 0.1) is 5.82 Å². The molecule has 0 bridgehead atoms. The van der Waals surface area contributed by atoms with Gasteiger partial charge in [-0.3, -0.25) is 14.6 Å². The van der Waals surface area contributed by atoms with Gasteiger partial charge in [0.05, 0.1) is 11.3 Å². The highest BCUT2D eigenvalue weighted by atomic mass is 19.1. The maximum atomic E-state index is 13.3. The van der Waals surface area contributed by atoms with Gasteiger partial charge in [-0.15, -0.1) is 0 Å². The summed E-state index contributed by atoms with van der Waals surface area (Å²) in [6.07, 6.45) is 1.58. The number of pyridine rings is 1. The lowest BCUT2D eigenvalue weighted by atomic mass is 9.98. The first kappa shape index (κ1) is 20.7. The standard InChI is InChI=1S/C22H24FN3O3/c1-3-25(4-2)13-14-26-19(17-7-5-6-12-24-17)18(21(28)22(26)29)20(27)15-8-10-16(23)11-9-15/h5-12,19,27H,3-4,13-14H2,1-2H3/b20-18+/t19-/m1/s1. The molecule has 152 valence electrons. The molecule has 0 saturated carbocycles. The average Bonchev–Trinajstić information content (AvgIpc) is 3.00. The molecule has 1 aromatic carbocycles. The highest BCUT2D eigenvalue weighted by molar-refractivity contribution is 6.46. The first-order chi connectivity index (χ1) is 14.0. The Labute approximate surface area is 169 Å². The molecular formula is C22H24FN3O3. The number of benzene rings is 1. The Morgan fingerprint density at radius 3 is 2.41 bits per heavy atom. The third kappa shape index (κ3) is 4.19. The van der Waals surface area contributed by atoms with Gasteiger partial charge in [-0.1, -0.05) is 19.9 Å². The number of rotatable bonds is 7. The second-order valence-electron chi connectivity index (χ2n) is 6.78. The molecule has 3 rings (SSSR count). The van der Waals surface area contributed by atoms with Gasteiger partial charge in [0.2, 0.25) is 0 Å². The van der Waals surface area contributed by atoms with Gasteiger partial charge >= 0.3 is 0 Å². The zero-order chi connectivity index (χ0) is 21.0. The second kappa shape index (κ2) is 8.96. The summed E-state index contributed by atoms with van der Waals surface area (Å²) in [5.74, 6) is -2.22. The van der Waals surface area contributed by atoms with Gasteiger partial charge in [0.15, 0.2) is 0 Å². The van der Waals surface area contributed by atoms with Crippen LogP contribution in [0.15, 0.2) is 54.2 Å². The van der Waals surface area contributed by atoms with Crippen LogP contribution < -0.4 is 0 Å². The number of amides is 1. The molecular weight excluding hydrogens is 373 g/mol. The molecule has 1 aliphatic heterocycles. The van der Waals surface area contributed by atoms with Gasteiger partial charge in [0.25, 0.3) is 11.7 Å². The van der Waals surface area contributed by atoms with Gasteiger partial charge in [-0.25, -0.2) is 4.39 Å². The first-order valence-corrected chi connectivity index (χ1v) is 9.65. The molecule has 1 N–H and O–H groups in total. The van der Waals surface area contributed by atoms with E-state index in [1.165, 1.54) is 29.2 Å². The smallest absolute Gasteiger partial charge is 0.295 e. The van der Waals surface area contributed by atoms with Crippen LogP contribution in [0.5, 0.6) is 0 Å². The molecule has 2 aromatic rings. The van der Waals surface area contributed by atoms with Crippen molar-refractivity contribution in [2.45, 2.75) is 19.9 Å². The predicted molar refractivity (Wildman–Crippen MR) is 107 cm³/mol. The van der Waals surface area contributed by atoms with E-state index in [0.29, 0.717) is 18.8 Å². The largest absolute Gasteiger partial charge is 0.507 e. The fourth-order valence-corrected chi connectivity index (χ4v) is 3.51. The van der Waals surface area contributed by atoms with Crippen molar-refractivity contribution in [3.8, 4) is 0 Å². The minimum atomic E-state index is -0.795. The number of nitrogens with zero attached hydrogens (tertiary/aromatic N) is 3. The molecule has 6 nitrogen and oxygen atoms in total. The summed E-state index contributed by atoms with van der Waals surface area (Å²) in [6.45, 7) is 6.63. The lowest BCUT2D eigenvalue weighted by Gasteiger charge is -2.27. The van der Waals surface area contributed by atoms with Gasteiger partial charge in [0.1, 0.15) is 17.6 Å². The summed E-state index contributed by atoms with van der Waals surface area (Å²) in [7, 11) is 0. The Balaban J connectivity index is 2.06. The maximum absolute atomic E-state index is 13.3. The lowest BCUT2D eigenvalue weighted by molar-refractivity contribution is -0.140. The van der Waals surface area contributed by atoms with Crippen LogP contribution >= 0.6 is 0 Å². The number of carbonyl (C=O) groups is 2. The quantitative estimate of drug-likeness (QED) is 0.442. The van der Waals surface area contributed by atoms with Gasteiger partial charge in [0, 0.05) is 24.8 Å². The van der Waals surface area contributed by atoms with Crippen LogP contribution in [0.1, 0.15) is 31.1 Å². The van der Waals surface area contributed by atoms with Crippen LogP contribution in [-0.4, -0.2) is 57.8 Å². The van der Waals surface area contributed by atoms with Crippen molar-refractivity contribution < 1.29 is 19.1 Å². The van der Waals surface area contributed by atoms with Crippen LogP contribution in [-0.2, 0) is 9.59 Å². The third-order valence-electron chi connectivity index (χ3n) is 5.18. The topological polar surface area (TPSA) is 73.7 Å². The van der Waals surface area contributed by atoms with Crippen molar-refractivity contribution in [3.05, 3.63) is 71.3 Å². The summed E-state index contributed by atoms with van der Waals surface area (Å²) in [6, 6.07) is 9.59. The van der Waals surface area contributed by atoms with E-state index < -0.39 is 23.5 Å². The van der Waals surface area contributed by atoms with E-state index in [-0.39, 0.29) is 16.9 Å². The molecule has 7 heteroatoms. The van der Waals surface area contributed by atoms with E-state index in [4.69, 9.17) is 0 Å². The summed E-state index contributed by atoms with van der Waals surface area (Å²) in [5, 5.41) is 10.8. The van der Waals surface area contributed by atoms with Crippen molar-refractivity contribution in [2.24, 2.45) is 0 Å². The van der Waals surface area contributed by atoms with Crippen molar-refractivity contribution in [2.75, 3.05) is 26.2 Å². The number of aliphatic hydroxyl groups is 1. The van der Waals surface area contributed by atoms with Crippen LogP contribution in [0.4, 0.5) is 4.39 Å². The number of likely N-dealkylation sites (N-methyl/N-ethyl adjacent to an activating group) is 1. The molecule has 0 aliphatic carbocycles. The fourth-order valence-electron chi connectivity index (χ4n) is 3.51. The Bertz CT molecular complexity index is 909. The number of halogens is 1. The molecule has 1 aliphatic rings. The monoisotopic (exact) mass is 397 g/mol. The van der Waals surface area contributed by atoms with E-state index in [1.807, 2.05) is 13.8 Å². The number of hydrogen-bond donors (Lipinski definition) is 1. The van der Waals surface area contributed by atoms with E-state index in [9.17, 15) is 19.1 Å². The minimum Gasteiger partial charge on any atom is -0.507 e. The molecule has 2 heterocycles. The number of Topliss-reactive ketones (excluding diaryl/α,β-unsaturated/α-hetero) is 1. The van der Waals surface area contributed by atoms with E-state index in [0.717, 1.165) is 13.1 Å². The molecule has 29 heavy (non-hydrogen) atoms. The maximum Gasteiger partial charge on any atom is 0.295 e. The highest BCUT2D eigenvalue weighted by Gasteiger charge is 2.46. The number of ketones is 1. The number of carbonyl (C=O) groups excluding carboxylic acids is 2. The number of hydrogen-bond acceptors (Lipinski definition) is 5. The first-order valence-electron chi connectivity index (χ1n) is 9.65. The Kier molecular flexibility index (Phi) is 6.39. The second-order valence-corrected chi connectivity index (χ2v) is 6.78. The lowest BCUT2D eigenvalue weighted by Crippen LogP contribution is -2.38. The minimum absolute atomic E-state index is 0.0279. The zero-order valence-electron chi connectivity index (χ0n) is 16.5. The molecule has 0 spiro atoms. The zero-order valence-corrected chi connectivity index (χ0v) is 16.5. The van der Waals surface area contributed by atoms with Crippen LogP contribution in [0.2, 0.25) is 0 Å². The molecule has 1 amide bonds. The Morgan fingerprint density at radius 2 is 1.83 bits per heavy atom. The normalized spacial score (nSPS) is 18.6. The average molecular weight is 397 g/mol. The van der Waals surface area contributed by atoms with Crippen molar-refractivity contribution in [1.29, 1.82) is 0 Å². The summed E-state index contributed by atoms with van der Waals surface area (Å²) in [4.78, 5) is 33.6. The number of likely N-dealkylation sites (tertiary alicyclic amines) is 1. The molecule has 1 saturated heterocycles. The highest BCUT2D eigenvalue weighted by Crippen LogP contribution is 2.38. The summed E-state index contributed by atoms with van der Waals surface area (Å²) in [5.41, 5.74) is 0.740. The third-order valence-corrected chi connectivity index (χ3v) is 5.18. The summed E-state index contributed by atoms with van der Waals surface area (Å²) >= 11 is 0. The van der Waals surface area contributed by atoms with E-state index >= 15 is 0 Å². The van der Waals surface area contributed by atoms with Crippen molar-refractivity contribution in [3.63, 3.8) is 0 Å². The van der Waals surface area contributed by atoms with Crippen molar-refractivity contribution >= 4 is 17.4 Å². The summed E-state index contributed by atoms with van der Waals surface area (Å²) < 4.78 is 13.3. The fraction of sp³-hybridized carbons (Fsp3) is 0.318. The molecule has 0 unspecified atom stereocenters. The number of aliphatic hydroxyl groups excluding tert-OH is 1. The van der Waals surface area contributed by atoms with Crippen LogP contribution in [0.25, 0.3) is 5.76 Å². The van der Waals surface area contributed by atoms with Crippen LogP contribution in [0.3, 0.4) is 0 Å².